The molecule has 1 saturated heterocycles. The summed E-state index contributed by atoms with van der Waals surface area (Å²) in [5.74, 6) is -0.0100. The molecule has 0 saturated carbocycles. The summed E-state index contributed by atoms with van der Waals surface area (Å²) in [5, 5.41) is 9.43. The van der Waals surface area contributed by atoms with Crippen molar-refractivity contribution in [2.45, 2.75) is 52.0 Å². The molecule has 2 amide bonds. The van der Waals surface area contributed by atoms with E-state index in [-0.39, 0.29) is 23.8 Å². The Morgan fingerprint density at radius 3 is 2.81 bits per heavy atom. The van der Waals surface area contributed by atoms with Crippen LogP contribution >= 0.6 is 11.3 Å². The van der Waals surface area contributed by atoms with Gasteiger partial charge in [0.15, 0.2) is 0 Å². The molecule has 1 unspecified atom stereocenters. The van der Waals surface area contributed by atoms with Crippen molar-refractivity contribution in [3.63, 3.8) is 0 Å². The predicted molar refractivity (Wildman–Crippen MR) is 107 cm³/mol. The number of nitrogens with one attached hydrogen (secondary N) is 1. The Hall–Kier alpha value is -2.15. The minimum Gasteiger partial charge on any atom is -0.353 e. The molecule has 0 spiro atoms. The molecule has 3 heterocycles. The molecule has 7 heteroatoms. The smallest absolute Gasteiger partial charge is 0.228 e. The molecule has 146 valence electrons. The first-order chi connectivity index (χ1) is 12.9. The molecular formula is C20H28N4O2S. The summed E-state index contributed by atoms with van der Waals surface area (Å²) in [6.45, 7) is 7.15. The highest BCUT2D eigenvalue weighted by molar-refractivity contribution is 7.10. The van der Waals surface area contributed by atoms with Gasteiger partial charge in [0.25, 0.3) is 0 Å². The van der Waals surface area contributed by atoms with E-state index in [1.165, 1.54) is 0 Å². The summed E-state index contributed by atoms with van der Waals surface area (Å²) in [6.07, 6.45) is 2.30. The van der Waals surface area contributed by atoms with Gasteiger partial charge < -0.3 is 10.2 Å². The van der Waals surface area contributed by atoms with Crippen molar-refractivity contribution in [3.05, 3.63) is 39.3 Å². The monoisotopic (exact) mass is 388 g/mol. The van der Waals surface area contributed by atoms with Gasteiger partial charge >= 0.3 is 0 Å². The Morgan fingerprint density at radius 1 is 1.41 bits per heavy atom. The molecular weight excluding hydrogens is 360 g/mol. The number of hydrogen-bond donors (Lipinski definition) is 1. The molecule has 27 heavy (non-hydrogen) atoms. The summed E-state index contributed by atoms with van der Waals surface area (Å²) in [7, 11) is 1.90. The van der Waals surface area contributed by atoms with Crippen LogP contribution in [0, 0.1) is 13.8 Å². The van der Waals surface area contributed by atoms with Crippen molar-refractivity contribution in [2.24, 2.45) is 7.05 Å². The Balaban J connectivity index is 1.58. The van der Waals surface area contributed by atoms with Crippen LogP contribution in [0.1, 0.15) is 47.5 Å². The van der Waals surface area contributed by atoms with Crippen LogP contribution < -0.4 is 5.32 Å². The first-order valence-electron chi connectivity index (χ1n) is 9.48. The van der Waals surface area contributed by atoms with Crippen LogP contribution in [0.3, 0.4) is 0 Å². The SMILES string of the molecule is Cc1nn(C)c(C)c1CC(=O)N1CCC[C@@H]1CNC(=O)C(C)c1cccs1. The maximum absolute atomic E-state index is 12.9. The van der Waals surface area contributed by atoms with Crippen molar-refractivity contribution in [3.8, 4) is 0 Å². The van der Waals surface area contributed by atoms with E-state index in [4.69, 9.17) is 0 Å². The maximum Gasteiger partial charge on any atom is 0.228 e. The van der Waals surface area contributed by atoms with Crippen LogP contribution in [-0.2, 0) is 23.1 Å². The van der Waals surface area contributed by atoms with Crippen LogP contribution in [0.2, 0.25) is 0 Å². The Labute approximate surface area is 164 Å². The van der Waals surface area contributed by atoms with Crippen LogP contribution in [0.5, 0.6) is 0 Å². The van der Waals surface area contributed by atoms with Crippen molar-refractivity contribution < 1.29 is 9.59 Å². The predicted octanol–water partition coefficient (Wildman–Crippen LogP) is 2.55. The second-order valence-corrected chi connectivity index (χ2v) is 8.29. The van der Waals surface area contributed by atoms with Gasteiger partial charge in [-0.25, -0.2) is 0 Å². The van der Waals surface area contributed by atoms with Gasteiger partial charge in [-0.05, 0) is 45.1 Å². The molecule has 6 nitrogen and oxygen atoms in total. The zero-order valence-electron chi connectivity index (χ0n) is 16.5. The molecule has 3 rings (SSSR count). The number of nitrogens with zero attached hydrogens (tertiary/aromatic N) is 3. The van der Waals surface area contributed by atoms with E-state index in [1.807, 2.05) is 54.9 Å². The summed E-state index contributed by atoms with van der Waals surface area (Å²) in [5.41, 5.74) is 2.97. The van der Waals surface area contributed by atoms with Gasteiger partial charge in [-0.3, -0.25) is 14.3 Å². The lowest BCUT2D eigenvalue weighted by Crippen LogP contribution is -2.44. The summed E-state index contributed by atoms with van der Waals surface area (Å²) >= 11 is 1.60. The lowest BCUT2D eigenvalue weighted by Gasteiger charge is -2.25. The second kappa shape index (κ2) is 8.25. The minimum absolute atomic E-state index is 0.0238. The van der Waals surface area contributed by atoms with E-state index < -0.39 is 0 Å². The Bertz CT molecular complexity index is 812. The second-order valence-electron chi connectivity index (χ2n) is 7.32. The lowest BCUT2D eigenvalue weighted by atomic mass is 10.1. The molecule has 1 fully saturated rings. The fourth-order valence-electron chi connectivity index (χ4n) is 3.74. The average molecular weight is 389 g/mol. The van der Waals surface area contributed by atoms with E-state index in [0.717, 1.165) is 41.2 Å². The molecule has 2 aromatic heterocycles. The number of rotatable bonds is 6. The number of aryl methyl sites for hydroxylation is 2. The summed E-state index contributed by atoms with van der Waals surface area (Å²) in [6, 6.07) is 4.02. The molecule has 0 aromatic carbocycles. The molecule has 2 atom stereocenters. The molecule has 0 bridgehead atoms. The number of likely N-dealkylation sites (tertiary alicyclic amines) is 1. The van der Waals surface area contributed by atoms with E-state index in [2.05, 4.69) is 10.4 Å². The Kier molecular flexibility index (Phi) is 5.99. The van der Waals surface area contributed by atoms with Gasteiger partial charge in [0, 0.05) is 42.3 Å². The number of amides is 2. The first-order valence-corrected chi connectivity index (χ1v) is 10.4. The van der Waals surface area contributed by atoms with Crippen molar-refractivity contribution in [2.75, 3.05) is 13.1 Å². The normalized spacial score (nSPS) is 17.9. The molecule has 1 aliphatic rings. The third-order valence-corrected chi connectivity index (χ3v) is 6.61. The van der Waals surface area contributed by atoms with Crippen LogP contribution in [0.15, 0.2) is 17.5 Å². The molecule has 2 aromatic rings. The maximum atomic E-state index is 12.9. The van der Waals surface area contributed by atoms with Crippen molar-refractivity contribution in [1.29, 1.82) is 0 Å². The van der Waals surface area contributed by atoms with Gasteiger partial charge in [-0.1, -0.05) is 6.07 Å². The number of carbonyl (C=O) groups excluding carboxylic acids is 2. The van der Waals surface area contributed by atoms with Gasteiger partial charge in [-0.2, -0.15) is 5.10 Å². The molecule has 0 radical (unpaired) electrons. The molecule has 0 aliphatic carbocycles. The van der Waals surface area contributed by atoms with Gasteiger partial charge in [0.05, 0.1) is 18.0 Å². The van der Waals surface area contributed by atoms with Crippen LogP contribution in [0.4, 0.5) is 0 Å². The molecule has 1 aliphatic heterocycles. The van der Waals surface area contributed by atoms with Crippen molar-refractivity contribution in [1.82, 2.24) is 20.0 Å². The molecule has 1 N–H and O–H groups in total. The Morgan fingerprint density at radius 2 is 2.19 bits per heavy atom. The largest absolute Gasteiger partial charge is 0.353 e. The van der Waals surface area contributed by atoms with Gasteiger partial charge in [0.2, 0.25) is 11.8 Å². The van der Waals surface area contributed by atoms with E-state index in [0.29, 0.717) is 13.0 Å². The quantitative estimate of drug-likeness (QED) is 0.827. The number of thiophene rings is 1. The zero-order chi connectivity index (χ0) is 19.6. The van der Waals surface area contributed by atoms with E-state index in [1.54, 1.807) is 11.3 Å². The van der Waals surface area contributed by atoms with Gasteiger partial charge in [-0.15, -0.1) is 11.3 Å². The highest BCUT2D eigenvalue weighted by Crippen LogP contribution is 2.22. The third kappa shape index (κ3) is 4.24. The van der Waals surface area contributed by atoms with Crippen LogP contribution in [0.25, 0.3) is 0 Å². The van der Waals surface area contributed by atoms with E-state index >= 15 is 0 Å². The first kappa shape index (κ1) is 19.6. The third-order valence-electron chi connectivity index (χ3n) is 5.56. The fraction of sp³-hybridized carbons (Fsp3) is 0.550. The zero-order valence-corrected chi connectivity index (χ0v) is 17.3. The topological polar surface area (TPSA) is 67.2 Å². The highest BCUT2D eigenvalue weighted by atomic mass is 32.1. The summed E-state index contributed by atoms with van der Waals surface area (Å²) < 4.78 is 1.82. The van der Waals surface area contributed by atoms with E-state index in [9.17, 15) is 9.59 Å². The highest BCUT2D eigenvalue weighted by Gasteiger charge is 2.30. The number of aromatic nitrogens is 2. The minimum atomic E-state index is -0.156. The van der Waals surface area contributed by atoms with Crippen molar-refractivity contribution >= 4 is 23.2 Å². The average Bonchev–Trinajstić information content (AvgIpc) is 3.37. The van der Waals surface area contributed by atoms with Crippen LogP contribution in [-0.4, -0.2) is 45.6 Å². The standard InChI is InChI=1S/C20H28N4O2S/c1-13(18-8-6-10-27-18)20(26)21-12-16-7-5-9-24(16)19(25)11-17-14(2)22-23(4)15(17)3/h6,8,10,13,16H,5,7,9,11-12H2,1-4H3,(H,21,26)/t13?,16-/m1/s1. The summed E-state index contributed by atoms with van der Waals surface area (Å²) in [4.78, 5) is 28.3. The lowest BCUT2D eigenvalue weighted by molar-refractivity contribution is -0.132. The fourth-order valence-corrected chi connectivity index (χ4v) is 4.52. The number of hydrogen-bond acceptors (Lipinski definition) is 4. The van der Waals surface area contributed by atoms with Gasteiger partial charge in [0.1, 0.15) is 0 Å². The number of carbonyl (C=O) groups is 2.